The average molecular weight is 243 g/mol. The lowest BCUT2D eigenvalue weighted by Gasteiger charge is -2.09. The van der Waals surface area contributed by atoms with E-state index in [-0.39, 0.29) is 5.69 Å². The van der Waals surface area contributed by atoms with Crippen molar-refractivity contribution in [3.05, 3.63) is 24.0 Å². The Hall–Kier alpha value is -1.33. The maximum atomic E-state index is 13.0. The zero-order chi connectivity index (χ0) is 12.5. The van der Waals surface area contributed by atoms with Gasteiger partial charge in [-0.05, 0) is 18.6 Å². The molecule has 0 amide bonds. The topological polar surface area (TPSA) is 53.7 Å². The Morgan fingerprint density at radius 2 is 2.00 bits per heavy atom. The van der Waals surface area contributed by atoms with Crippen LogP contribution < -0.4 is 10.5 Å². The van der Waals surface area contributed by atoms with E-state index in [1.165, 1.54) is 6.07 Å². The third-order valence-corrected chi connectivity index (χ3v) is 2.14. The zero-order valence-corrected chi connectivity index (χ0v) is 9.95. The minimum absolute atomic E-state index is 0.0342. The number of nitrogens with two attached hydrogens (primary N) is 1. The summed E-state index contributed by atoms with van der Waals surface area (Å²) < 4.78 is 28.5. The second-order valence-electron chi connectivity index (χ2n) is 3.46. The van der Waals surface area contributed by atoms with Gasteiger partial charge in [0.25, 0.3) is 0 Å². The predicted octanol–water partition coefficient (Wildman–Crippen LogP) is 1.84. The van der Waals surface area contributed by atoms with Gasteiger partial charge in [-0.3, -0.25) is 0 Å². The summed E-state index contributed by atoms with van der Waals surface area (Å²) in [5.74, 6) is -0.117. The molecule has 96 valence electrons. The van der Waals surface area contributed by atoms with Gasteiger partial charge in [0.1, 0.15) is 23.9 Å². The van der Waals surface area contributed by atoms with Crippen molar-refractivity contribution in [2.45, 2.75) is 6.42 Å². The largest absolute Gasteiger partial charge is 0.489 e. The Morgan fingerprint density at radius 1 is 1.18 bits per heavy atom. The quantitative estimate of drug-likeness (QED) is 0.559. The van der Waals surface area contributed by atoms with Gasteiger partial charge in [-0.2, -0.15) is 0 Å². The molecule has 0 aliphatic rings. The Labute approximate surface area is 100 Å². The Kier molecular flexibility index (Phi) is 6.35. The number of hydrogen-bond donors (Lipinski definition) is 1. The monoisotopic (exact) mass is 243 g/mol. The summed E-state index contributed by atoms with van der Waals surface area (Å²) in [6.07, 6.45) is 0.846. The predicted molar refractivity (Wildman–Crippen MR) is 63.6 cm³/mol. The molecule has 1 rings (SSSR count). The molecule has 0 heterocycles. The summed E-state index contributed by atoms with van der Waals surface area (Å²) in [6.45, 7) is 2.09. The number of ether oxygens (including phenoxy) is 3. The van der Waals surface area contributed by atoms with Crippen molar-refractivity contribution in [1.29, 1.82) is 0 Å². The van der Waals surface area contributed by atoms with Crippen molar-refractivity contribution in [3.63, 3.8) is 0 Å². The molecule has 0 atom stereocenters. The van der Waals surface area contributed by atoms with Crippen LogP contribution in [0.15, 0.2) is 18.2 Å². The van der Waals surface area contributed by atoms with Crippen molar-refractivity contribution in [2.75, 3.05) is 39.3 Å². The van der Waals surface area contributed by atoms with Crippen LogP contribution in [0.3, 0.4) is 0 Å². The van der Waals surface area contributed by atoms with E-state index in [2.05, 4.69) is 0 Å². The van der Waals surface area contributed by atoms with E-state index in [4.69, 9.17) is 19.9 Å². The second kappa shape index (κ2) is 7.86. The Morgan fingerprint density at radius 3 is 2.76 bits per heavy atom. The van der Waals surface area contributed by atoms with E-state index in [0.29, 0.717) is 32.2 Å². The molecule has 2 N–H and O–H groups in total. The summed E-state index contributed by atoms with van der Waals surface area (Å²) in [7, 11) is 1.65. The van der Waals surface area contributed by atoms with Crippen LogP contribution in [0.2, 0.25) is 0 Å². The number of rotatable bonds is 8. The maximum Gasteiger partial charge on any atom is 0.149 e. The highest BCUT2D eigenvalue weighted by Gasteiger charge is 2.04. The first-order valence-electron chi connectivity index (χ1n) is 5.49. The summed E-state index contributed by atoms with van der Waals surface area (Å²) in [5.41, 5.74) is 5.54. The van der Waals surface area contributed by atoms with Crippen LogP contribution in [0.5, 0.6) is 5.75 Å². The van der Waals surface area contributed by atoms with Crippen molar-refractivity contribution in [2.24, 2.45) is 0 Å². The number of anilines is 1. The summed E-state index contributed by atoms with van der Waals surface area (Å²) in [5, 5.41) is 0. The fourth-order valence-electron chi connectivity index (χ4n) is 1.26. The molecule has 1 aromatic rings. The summed E-state index contributed by atoms with van der Waals surface area (Å²) in [6, 6.07) is 4.48. The lowest BCUT2D eigenvalue weighted by atomic mass is 10.3. The van der Waals surface area contributed by atoms with Crippen LogP contribution in [0.25, 0.3) is 0 Å². The molecule has 1 aromatic carbocycles. The van der Waals surface area contributed by atoms with Gasteiger partial charge in [0, 0.05) is 20.3 Å². The molecule has 0 aliphatic heterocycles. The van der Waals surface area contributed by atoms with E-state index in [1.807, 2.05) is 0 Å². The van der Waals surface area contributed by atoms with E-state index >= 15 is 0 Å². The van der Waals surface area contributed by atoms with Crippen molar-refractivity contribution >= 4 is 5.69 Å². The van der Waals surface area contributed by atoms with Crippen LogP contribution in [0.4, 0.5) is 10.1 Å². The number of halogens is 1. The summed E-state index contributed by atoms with van der Waals surface area (Å²) >= 11 is 0. The number of para-hydroxylation sites is 1. The highest BCUT2D eigenvalue weighted by atomic mass is 19.1. The fraction of sp³-hybridized carbons (Fsp3) is 0.500. The van der Waals surface area contributed by atoms with Crippen LogP contribution in [-0.4, -0.2) is 33.5 Å². The number of methoxy groups -OCH3 is 1. The number of hydrogen-bond acceptors (Lipinski definition) is 4. The van der Waals surface area contributed by atoms with Gasteiger partial charge in [-0.25, -0.2) is 4.39 Å². The molecule has 0 spiro atoms. The van der Waals surface area contributed by atoms with Crippen molar-refractivity contribution < 1.29 is 18.6 Å². The highest BCUT2D eigenvalue weighted by molar-refractivity contribution is 5.53. The zero-order valence-electron chi connectivity index (χ0n) is 9.95. The minimum atomic E-state index is -0.469. The van der Waals surface area contributed by atoms with E-state index in [1.54, 1.807) is 19.2 Å². The molecule has 4 nitrogen and oxygen atoms in total. The molecule has 0 saturated heterocycles. The van der Waals surface area contributed by atoms with Crippen molar-refractivity contribution in [1.82, 2.24) is 0 Å². The molecule has 0 bridgehead atoms. The van der Waals surface area contributed by atoms with Crippen LogP contribution in [0, 0.1) is 5.82 Å². The van der Waals surface area contributed by atoms with Gasteiger partial charge in [-0.15, -0.1) is 0 Å². The molecule has 0 fully saturated rings. The smallest absolute Gasteiger partial charge is 0.149 e. The normalized spacial score (nSPS) is 10.5. The highest BCUT2D eigenvalue weighted by Crippen LogP contribution is 2.23. The molecular formula is C12H18FNO3. The van der Waals surface area contributed by atoms with Gasteiger partial charge in [-0.1, -0.05) is 6.07 Å². The molecule has 0 radical (unpaired) electrons. The average Bonchev–Trinajstić information content (AvgIpc) is 2.33. The van der Waals surface area contributed by atoms with Gasteiger partial charge in [0.15, 0.2) is 0 Å². The molecule has 0 unspecified atom stereocenters. The van der Waals surface area contributed by atoms with Gasteiger partial charge in [0.05, 0.1) is 6.61 Å². The standard InChI is InChI=1S/C12H18FNO3/c1-15-6-3-7-16-8-9-17-11-5-2-4-10(13)12(11)14/h2,4-5H,3,6-9,14H2,1H3. The lowest BCUT2D eigenvalue weighted by molar-refractivity contribution is 0.0807. The van der Waals surface area contributed by atoms with E-state index < -0.39 is 5.82 Å². The third-order valence-electron chi connectivity index (χ3n) is 2.14. The Bertz CT molecular complexity index is 334. The van der Waals surface area contributed by atoms with E-state index in [0.717, 1.165) is 6.42 Å². The Balaban J connectivity index is 2.16. The van der Waals surface area contributed by atoms with Gasteiger partial charge in [0.2, 0.25) is 0 Å². The van der Waals surface area contributed by atoms with Gasteiger partial charge < -0.3 is 19.9 Å². The lowest BCUT2D eigenvalue weighted by Crippen LogP contribution is -2.09. The molecule has 0 aliphatic carbocycles. The fourth-order valence-corrected chi connectivity index (χ4v) is 1.26. The second-order valence-corrected chi connectivity index (χ2v) is 3.46. The first-order chi connectivity index (χ1) is 8.25. The van der Waals surface area contributed by atoms with E-state index in [9.17, 15) is 4.39 Å². The third kappa shape index (κ3) is 5.01. The number of benzene rings is 1. The first-order valence-corrected chi connectivity index (χ1v) is 5.49. The van der Waals surface area contributed by atoms with Gasteiger partial charge >= 0.3 is 0 Å². The molecular weight excluding hydrogens is 225 g/mol. The molecule has 17 heavy (non-hydrogen) atoms. The minimum Gasteiger partial charge on any atom is -0.489 e. The first kappa shape index (κ1) is 13.7. The van der Waals surface area contributed by atoms with Crippen LogP contribution >= 0.6 is 0 Å². The molecule has 0 aromatic heterocycles. The molecule has 0 saturated carbocycles. The maximum absolute atomic E-state index is 13.0. The number of nitrogen functional groups attached to an aromatic ring is 1. The summed E-state index contributed by atoms with van der Waals surface area (Å²) in [4.78, 5) is 0. The van der Waals surface area contributed by atoms with Crippen molar-refractivity contribution in [3.8, 4) is 5.75 Å². The molecule has 5 heteroatoms. The SMILES string of the molecule is COCCCOCCOc1cccc(F)c1N. The van der Waals surface area contributed by atoms with Crippen LogP contribution in [0.1, 0.15) is 6.42 Å². The van der Waals surface area contributed by atoms with Crippen LogP contribution in [-0.2, 0) is 9.47 Å².